The number of hydrogen-bond acceptors (Lipinski definition) is 5. The highest BCUT2D eigenvalue weighted by atomic mass is 19.1. The fourth-order valence-corrected chi connectivity index (χ4v) is 3.15. The molecule has 2 aromatic heterocycles. The quantitative estimate of drug-likeness (QED) is 0.790. The highest BCUT2D eigenvalue weighted by Crippen LogP contribution is 2.26. The second-order valence-electron chi connectivity index (χ2n) is 6.05. The van der Waals surface area contributed by atoms with Crippen LogP contribution >= 0.6 is 0 Å². The molecule has 1 N–H and O–H groups in total. The zero-order valence-electron chi connectivity index (χ0n) is 13.5. The Hall–Kier alpha value is -2.96. The van der Waals surface area contributed by atoms with Crippen LogP contribution < -0.4 is 15.2 Å². The maximum absolute atomic E-state index is 13.0. The molecule has 0 aliphatic carbocycles. The van der Waals surface area contributed by atoms with Crippen molar-refractivity contribution in [2.45, 2.75) is 18.9 Å². The number of aromatic amines is 1. The maximum Gasteiger partial charge on any atom is 0.258 e. The maximum atomic E-state index is 13.0. The molecule has 0 radical (unpaired) electrons. The van der Waals surface area contributed by atoms with Gasteiger partial charge in [0.1, 0.15) is 24.0 Å². The van der Waals surface area contributed by atoms with E-state index in [4.69, 9.17) is 4.74 Å². The van der Waals surface area contributed by atoms with Crippen LogP contribution in [0.25, 0.3) is 10.9 Å². The van der Waals surface area contributed by atoms with Gasteiger partial charge < -0.3 is 14.6 Å². The summed E-state index contributed by atoms with van der Waals surface area (Å²) in [7, 11) is 0. The Morgan fingerprint density at radius 2 is 2.12 bits per heavy atom. The first-order valence-electron chi connectivity index (χ1n) is 8.19. The van der Waals surface area contributed by atoms with Gasteiger partial charge in [0.25, 0.3) is 5.56 Å². The Morgan fingerprint density at radius 1 is 1.28 bits per heavy atom. The average molecular weight is 340 g/mol. The molecule has 0 bridgehead atoms. The van der Waals surface area contributed by atoms with E-state index >= 15 is 0 Å². The van der Waals surface area contributed by atoms with Gasteiger partial charge in [-0.05, 0) is 43.2 Å². The first-order chi connectivity index (χ1) is 12.2. The lowest BCUT2D eigenvalue weighted by molar-refractivity contribution is 0.288. The van der Waals surface area contributed by atoms with Gasteiger partial charge in [0, 0.05) is 6.54 Å². The van der Waals surface area contributed by atoms with E-state index < -0.39 is 0 Å². The van der Waals surface area contributed by atoms with Crippen LogP contribution in [0.15, 0.2) is 47.7 Å². The van der Waals surface area contributed by atoms with Gasteiger partial charge in [0.2, 0.25) is 0 Å². The van der Waals surface area contributed by atoms with Gasteiger partial charge in [-0.15, -0.1) is 0 Å². The van der Waals surface area contributed by atoms with Crippen molar-refractivity contribution < 1.29 is 9.13 Å². The number of H-pyrrole nitrogens is 1. The van der Waals surface area contributed by atoms with E-state index in [1.54, 1.807) is 24.4 Å². The second kappa shape index (κ2) is 6.51. The van der Waals surface area contributed by atoms with E-state index in [1.807, 2.05) is 0 Å². The van der Waals surface area contributed by atoms with Gasteiger partial charge in [-0.1, -0.05) is 0 Å². The monoisotopic (exact) mass is 340 g/mol. The molecule has 1 saturated heterocycles. The van der Waals surface area contributed by atoms with Crippen LogP contribution in [0, 0.1) is 5.82 Å². The SMILES string of the molecule is O=c1[nH]cnc2cnc(N3CCC[C@H]3COc3ccc(F)cc3)cc12. The minimum absolute atomic E-state index is 0.158. The number of rotatable bonds is 4. The summed E-state index contributed by atoms with van der Waals surface area (Å²) >= 11 is 0. The third-order valence-electron chi connectivity index (χ3n) is 4.44. The molecule has 1 aromatic carbocycles. The van der Waals surface area contributed by atoms with Crippen LogP contribution in [0.4, 0.5) is 10.2 Å². The first-order valence-corrected chi connectivity index (χ1v) is 8.19. The van der Waals surface area contributed by atoms with Gasteiger partial charge in [0.15, 0.2) is 0 Å². The molecule has 25 heavy (non-hydrogen) atoms. The molecular formula is C18H17FN4O2. The van der Waals surface area contributed by atoms with Crippen molar-refractivity contribution in [3.8, 4) is 5.75 Å². The van der Waals surface area contributed by atoms with E-state index in [2.05, 4.69) is 19.9 Å². The number of benzene rings is 1. The lowest BCUT2D eigenvalue weighted by Gasteiger charge is -2.25. The summed E-state index contributed by atoms with van der Waals surface area (Å²) in [6.45, 7) is 1.34. The van der Waals surface area contributed by atoms with Crippen LogP contribution in [-0.4, -0.2) is 34.1 Å². The summed E-state index contributed by atoms with van der Waals surface area (Å²) in [6.07, 6.45) is 5.00. The predicted molar refractivity (Wildman–Crippen MR) is 92.4 cm³/mol. The third-order valence-corrected chi connectivity index (χ3v) is 4.44. The molecule has 3 heterocycles. The standard InChI is InChI=1S/C18H17FN4O2/c19-12-3-5-14(6-4-12)25-10-13-2-1-7-23(13)17-8-15-16(9-20-17)21-11-22-18(15)24/h3-6,8-9,11,13H,1-2,7,10H2,(H,21,22,24)/t13-/m0/s1. The molecule has 0 saturated carbocycles. The molecule has 1 atom stereocenters. The lowest BCUT2D eigenvalue weighted by atomic mass is 10.2. The summed E-state index contributed by atoms with van der Waals surface area (Å²) in [6, 6.07) is 7.93. The zero-order valence-corrected chi connectivity index (χ0v) is 13.5. The van der Waals surface area contributed by atoms with Crippen LogP contribution in [0.5, 0.6) is 5.75 Å². The van der Waals surface area contributed by atoms with Crippen molar-refractivity contribution in [2.75, 3.05) is 18.1 Å². The molecule has 1 fully saturated rings. The van der Waals surface area contributed by atoms with E-state index in [0.717, 1.165) is 25.2 Å². The van der Waals surface area contributed by atoms with Gasteiger partial charge >= 0.3 is 0 Å². The molecule has 1 aliphatic rings. The number of nitrogens with one attached hydrogen (secondary N) is 1. The Balaban J connectivity index is 1.54. The Labute approximate surface area is 143 Å². The molecule has 3 aromatic rings. The number of aromatic nitrogens is 3. The predicted octanol–water partition coefficient (Wildman–Crippen LogP) is 2.51. The normalized spacial score (nSPS) is 17.2. The fraction of sp³-hybridized carbons (Fsp3) is 0.278. The Bertz CT molecular complexity index is 942. The van der Waals surface area contributed by atoms with Gasteiger partial charge in [-0.3, -0.25) is 4.79 Å². The van der Waals surface area contributed by atoms with Crippen LogP contribution in [0.1, 0.15) is 12.8 Å². The largest absolute Gasteiger partial charge is 0.491 e. The number of nitrogens with zero attached hydrogens (tertiary/aromatic N) is 3. The smallest absolute Gasteiger partial charge is 0.258 e. The van der Waals surface area contributed by atoms with E-state index in [1.165, 1.54) is 18.5 Å². The van der Waals surface area contributed by atoms with E-state index in [0.29, 0.717) is 23.3 Å². The number of hydrogen-bond donors (Lipinski definition) is 1. The molecule has 0 amide bonds. The highest BCUT2D eigenvalue weighted by molar-refractivity contribution is 5.79. The summed E-state index contributed by atoms with van der Waals surface area (Å²) in [4.78, 5) is 25.3. The number of anilines is 1. The van der Waals surface area contributed by atoms with Crippen molar-refractivity contribution in [2.24, 2.45) is 0 Å². The van der Waals surface area contributed by atoms with Crippen molar-refractivity contribution in [3.63, 3.8) is 0 Å². The van der Waals surface area contributed by atoms with E-state index in [9.17, 15) is 9.18 Å². The Morgan fingerprint density at radius 3 is 2.96 bits per heavy atom. The molecular weight excluding hydrogens is 323 g/mol. The van der Waals surface area contributed by atoms with Crippen molar-refractivity contribution in [1.82, 2.24) is 15.0 Å². The summed E-state index contributed by atoms with van der Waals surface area (Å²) in [5.74, 6) is 1.10. The molecule has 4 rings (SSSR count). The number of pyridine rings is 1. The topological polar surface area (TPSA) is 71.1 Å². The van der Waals surface area contributed by atoms with Gasteiger partial charge in [-0.2, -0.15) is 0 Å². The van der Waals surface area contributed by atoms with Crippen LogP contribution in [0.3, 0.4) is 0 Å². The molecule has 6 nitrogen and oxygen atoms in total. The highest BCUT2D eigenvalue weighted by Gasteiger charge is 2.26. The summed E-state index contributed by atoms with van der Waals surface area (Å²) in [5, 5.41) is 0.526. The van der Waals surface area contributed by atoms with Crippen LogP contribution in [0.2, 0.25) is 0 Å². The zero-order chi connectivity index (χ0) is 17.2. The molecule has 0 spiro atoms. The lowest BCUT2D eigenvalue weighted by Crippen LogP contribution is -2.34. The third kappa shape index (κ3) is 3.17. The van der Waals surface area contributed by atoms with Crippen molar-refractivity contribution in [1.29, 1.82) is 0 Å². The summed E-state index contributed by atoms with van der Waals surface area (Å²) < 4.78 is 18.8. The average Bonchev–Trinajstić information content (AvgIpc) is 3.10. The minimum Gasteiger partial charge on any atom is -0.491 e. The number of ether oxygens (including phenoxy) is 1. The molecule has 1 aliphatic heterocycles. The van der Waals surface area contributed by atoms with Crippen LogP contribution in [-0.2, 0) is 0 Å². The first kappa shape index (κ1) is 15.6. The van der Waals surface area contributed by atoms with Gasteiger partial charge in [0.05, 0.1) is 29.5 Å². The van der Waals surface area contributed by atoms with Gasteiger partial charge in [-0.25, -0.2) is 14.4 Å². The van der Waals surface area contributed by atoms with E-state index in [-0.39, 0.29) is 17.4 Å². The Kier molecular flexibility index (Phi) is 4.05. The van der Waals surface area contributed by atoms with Crippen molar-refractivity contribution >= 4 is 16.7 Å². The number of fused-ring (bicyclic) bond motifs is 1. The number of halogens is 1. The fourth-order valence-electron chi connectivity index (χ4n) is 3.15. The second-order valence-corrected chi connectivity index (χ2v) is 6.05. The summed E-state index contributed by atoms with van der Waals surface area (Å²) in [5.41, 5.74) is 0.401. The molecule has 0 unspecified atom stereocenters. The molecule has 7 heteroatoms. The minimum atomic E-state index is -0.283. The molecule has 128 valence electrons. The van der Waals surface area contributed by atoms with Crippen molar-refractivity contribution in [3.05, 3.63) is 59.0 Å².